The number of hydrogen-bond donors (Lipinski definition) is 1. The molecule has 2 amide bonds. The Hall–Kier alpha value is -2.63. The van der Waals surface area contributed by atoms with Crippen LogP contribution in [0.4, 0.5) is 5.69 Å². The number of benzene rings is 2. The summed E-state index contributed by atoms with van der Waals surface area (Å²) in [6.45, 7) is 9.17. The summed E-state index contributed by atoms with van der Waals surface area (Å²) < 4.78 is 5.37. The Morgan fingerprint density at radius 1 is 1.07 bits per heavy atom. The van der Waals surface area contributed by atoms with Crippen LogP contribution in [-0.2, 0) is 14.3 Å². The number of imide groups is 1. The number of rotatable bonds is 8. The molecule has 0 atom stereocenters. The third-order valence-corrected chi connectivity index (χ3v) is 5.63. The van der Waals surface area contributed by atoms with E-state index in [1.54, 1.807) is 6.07 Å². The molecule has 0 unspecified atom stereocenters. The second kappa shape index (κ2) is 9.45. The SMILES string of the molecule is CCOCCCN1C(=O)C(Nc2cccc(Cl)c2C)=C(c2ccc(C)cc2C)C1=O. The average molecular weight is 427 g/mol. The number of ether oxygens (including phenoxy) is 1. The molecule has 0 bridgehead atoms. The summed E-state index contributed by atoms with van der Waals surface area (Å²) >= 11 is 6.26. The molecule has 1 heterocycles. The van der Waals surface area contributed by atoms with Crippen molar-refractivity contribution >= 4 is 34.7 Å². The molecule has 0 aromatic heterocycles. The molecule has 5 nitrogen and oxygen atoms in total. The molecule has 0 spiro atoms. The highest BCUT2D eigenvalue weighted by molar-refractivity contribution is 6.37. The number of carbonyl (C=O) groups excluding carboxylic acids is 2. The highest BCUT2D eigenvalue weighted by Gasteiger charge is 2.39. The summed E-state index contributed by atoms with van der Waals surface area (Å²) in [5.41, 5.74) is 5.01. The molecule has 0 radical (unpaired) electrons. The van der Waals surface area contributed by atoms with E-state index in [2.05, 4.69) is 5.32 Å². The van der Waals surface area contributed by atoms with Gasteiger partial charge in [0, 0.05) is 30.5 Å². The van der Waals surface area contributed by atoms with E-state index in [0.717, 1.165) is 22.3 Å². The second-order valence-electron chi connectivity index (χ2n) is 7.42. The molecule has 1 aliphatic rings. The van der Waals surface area contributed by atoms with Crippen LogP contribution in [0.15, 0.2) is 42.1 Å². The van der Waals surface area contributed by atoms with Crippen LogP contribution in [-0.4, -0.2) is 36.5 Å². The van der Waals surface area contributed by atoms with Gasteiger partial charge >= 0.3 is 0 Å². The minimum Gasteiger partial charge on any atom is -0.382 e. The van der Waals surface area contributed by atoms with Crippen LogP contribution >= 0.6 is 11.6 Å². The first-order valence-corrected chi connectivity index (χ1v) is 10.5. The fourth-order valence-electron chi connectivity index (χ4n) is 3.59. The standard InChI is InChI=1S/C24H27ClN2O3/c1-5-30-13-7-12-27-23(28)21(18-11-10-15(2)14-16(18)3)22(24(27)29)26-20-9-6-8-19(25)17(20)4/h6,8-11,14,26H,5,7,12-13H2,1-4H3. The molecule has 2 aromatic rings. The number of hydrogen-bond acceptors (Lipinski definition) is 4. The number of nitrogens with one attached hydrogen (secondary N) is 1. The van der Waals surface area contributed by atoms with E-state index in [9.17, 15) is 9.59 Å². The highest BCUT2D eigenvalue weighted by Crippen LogP contribution is 2.34. The van der Waals surface area contributed by atoms with E-state index in [0.29, 0.717) is 42.5 Å². The molecule has 2 aromatic carbocycles. The summed E-state index contributed by atoms with van der Waals surface area (Å²) in [6, 6.07) is 11.3. The van der Waals surface area contributed by atoms with Gasteiger partial charge in [-0.05, 0) is 62.9 Å². The molecular formula is C24H27ClN2O3. The van der Waals surface area contributed by atoms with Crippen molar-refractivity contribution in [3.8, 4) is 0 Å². The predicted octanol–water partition coefficient (Wildman–Crippen LogP) is 4.88. The number of aryl methyl sites for hydroxylation is 2. The van der Waals surface area contributed by atoms with Crippen molar-refractivity contribution in [2.75, 3.05) is 25.1 Å². The zero-order valence-electron chi connectivity index (χ0n) is 17.8. The lowest BCUT2D eigenvalue weighted by atomic mass is 9.97. The van der Waals surface area contributed by atoms with E-state index < -0.39 is 0 Å². The van der Waals surface area contributed by atoms with Crippen molar-refractivity contribution < 1.29 is 14.3 Å². The number of nitrogens with zero attached hydrogens (tertiary/aromatic N) is 1. The zero-order valence-corrected chi connectivity index (χ0v) is 18.6. The van der Waals surface area contributed by atoms with Crippen molar-refractivity contribution in [3.05, 3.63) is 69.4 Å². The molecule has 3 rings (SSSR count). The van der Waals surface area contributed by atoms with E-state index >= 15 is 0 Å². The molecular weight excluding hydrogens is 400 g/mol. The number of halogens is 1. The average Bonchev–Trinajstić information content (AvgIpc) is 2.93. The maximum absolute atomic E-state index is 13.3. The Labute approximate surface area is 182 Å². The number of amides is 2. The minimum absolute atomic E-state index is 0.286. The Morgan fingerprint density at radius 2 is 1.83 bits per heavy atom. The van der Waals surface area contributed by atoms with Crippen molar-refractivity contribution in [1.29, 1.82) is 0 Å². The van der Waals surface area contributed by atoms with Crippen molar-refractivity contribution in [2.45, 2.75) is 34.1 Å². The maximum Gasteiger partial charge on any atom is 0.278 e. The monoisotopic (exact) mass is 426 g/mol. The quantitative estimate of drug-likeness (QED) is 0.482. The van der Waals surface area contributed by atoms with Crippen LogP contribution in [0.5, 0.6) is 0 Å². The molecule has 0 saturated carbocycles. The first kappa shape index (κ1) is 22.1. The summed E-state index contributed by atoms with van der Waals surface area (Å²) in [5.74, 6) is -0.614. The maximum atomic E-state index is 13.3. The summed E-state index contributed by atoms with van der Waals surface area (Å²) in [5, 5.41) is 3.80. The van der Waals surface area contributed by atoms with Gasteiger partial charge in [0.15, 0.2) is 0 Å². The van der Waals surface area contributed by atoms with Gasteiger partial charge in [-0.15, -0.1) is 0 Å². The van der Waals surface area contributed by atoms with Crippen LogP contribution < -0.4 is 5.32 Å². The van der Waals surface area contributed by atoms with Crippen molar-refractivity contribution in [3.63, 3.8) is 0 Å². The Kier molecular flexibility index (Phi) is 6.95. The summed E-state index contributed by atoms with van der Waals surface area (Å²) in [4.78, 5) is 27.9. The summed E-state index contributed by atoms with van der Waals surface area (Å²) in [6.07, 6.45) is 0.592. The third-order valence-electron chi connectivity index (χ3n) is 5.22. The van der Waals surface area contributed by atoms with Gasteiger partial charge in [-0.2, -0.15) is 0 Å². The first-order valence-electron chi connectivity index (χ1n) is 10.1. The molecule has 1 aliphatic heterocycles. The number of anilines is 1. The van der Waals surface area contributed by atoms with Crippen LogP contribution in [0.1, 0.15) is 35.6 Å². The second-order valence-corrected chi connectivity index (χ2v) is 7.83. The van der Waals surface area contributed by atoms with E-state index in [1.807, 2.05) is 58.0 Å². The highest BCUT2D eigenvalue weighted by atomic mass is 35.5. The van der Waals surface area contributed by atoms with Gasteiger partial charge in [-0.1, -0.05) is 41.4 Å². The van der Waals surface area contributed by atoms with Crippen molar-refractivity contribution in [1.82, 2.24) is 4.90 Å². The lowest BCUT2D eigenvalue weighted by Crippen LogP contribution is -2.34. The van der Waals surface area contributed by atoms with E-state index in [1.165, 1.54) is 4.90 Å². The van der Waals surface area contributed by atoms with Gasteiger partial charge in [0.1, 0.15) is 5.70 Å². The molecule has 0 fully saturated rings. The van der Waals surface area contributed by atoms with Gasteiger partial charge in [-0.25, -0.2) is 0 Å². The molecule has 30 heavy (non-hydrogen) atoms. The van der Waals surface area contributed by atoms with Crippen LogP contribution in [0, 0.1) is 20.8 Å². The normalized spacial score (nSPS) is 14.1. The summed E-state index contributed by atoms with van der Waals surface area (Å²) in [7, 11) is 0. The van der Waals surface area contributed by atoms with Crippen molar-refractivity contribution in [2.24, 2.45) is 0 Å². The molecule has 0 saturated heterocycles. The van der Waals surface area contributed by atoms with E-state index in [-0.39, 0.29) is 17.5 Å². The largest absolute Gasteiger partial charge is 0.382 e. The van der Waals surface area contributed by atoms with Gasteiger partial charge in [-0.3, -0.25) is 14.5 Å². The molecule has 158 valence electrons. The predicted molar refractivity (Wildman–Crippen MR) is 120 cm³/mol. The topological polar surface area (TPSA) is 58.6 Å². The lowest BCUT2D eigenvalue weighted by molar-refractivity contribution is -0.137. The van der Waals surface area contributed by atoms with Gasteiger partial charge in [0.25, 0.3) is 11.8 Å². The fourth-order valence-corrected chi connectivity index (χ4v) is 3.76. The zero-order chi connectivity index (χ0) is 21.8. The van der Waals surface area contributed by atoms with Gasteiger partial charge < -0.3 is 10.1 Å². The first-order chi connectivity index (χ1) is 14.3. The molecule has 0 aliphatic carbocycles. The lowest BCUT2D eigenvalue weighted by Gasteiger charge is -2.15. The van der Waals surface area contributed by atoms with Gasteiger partial charge in [0.05, 0.1) is 5.57 Å². The number of carbonyl (C=O) groups is 2. The van der Waals surface area contributed by atoms with Crippen LogP contribution in [0.3, 0.4) is 0 Å². The Balaban J connectivity index is 2.03. The Morgan fingerprint density at radius 3 is 2.53 bits per heavy atom. The smallest absolute Gasteiger partial charge is 0.278 e. The fraction of sp³-hybridized carbons (Fsp3) is 0.333. The third kappa shape index (κ3) is 4.42. The van der Waals surface area contributed by atoms with Crippen LogP contribution in [0.25, 0.3) is 5.57 Å². The minimum atomic E-state index is -0.328. The van der Waals surface area contributed by atoms with Gasteiger partial charge in [0.2, 0.25) is 0 Å². The molecule has 1 N–H and O–H groups in total. The molecule has 6 heteroatoms. The Bertz CT molecular complexity index is 1010. The van der Waals surface area contributed by atoms with E-state index in [4.69, 9.17) is 16.3 Å². The van der Waals surface area contributed by atoms with Crippen LogP contribution in [0.2, 0.25) is 5.02 Å².